The normalized spacial score (nSPS) is 11.0. The molecule has 26 heavy (non-hydrogen) atoms. The number of aliphatic imine (C=N–C) groups is 1. The maximum absolute atomic E-state index is 5.73. The van der Waals surface area contributed by atoms with Crippen LogP contribution in [0.1, 0.15) is 34.9 Å². The Morgan fingerprint density at radius 3 is 2.73 bits per heavy atom. The van der Waals surface area contributed by atoms with Crippen molar-refractivity contribution in [2.24, 2.45) is 4.99 Å². The number of halogens is 1. The highest BCUT2D eigenvalue weighted by Crippen LogP contribution is 2.20. The number of benzene rings is 1. The van der Waals surface area contributed by atoms with Crippen molar-refractivity contribution < 1.29 is 4.74 Å². The van der Waals surface area contributed by atoms with Gasteiger partial charge in [0.25, 0.3) is 0 Å². The van der Waals surface area contributed by atoms with Gasteiger partial charge in [0.05, 0.1) is 11.6 Å². The van der Waals surface area contributed by atoms with Gasteiger partial charge in [-0.05, 0) is 31.9 Å². The van der Waals surface area contributed by atoms with Crippen molar-refractivity contribution in [2.75, 3.05) is 20.2 Å². The van der Waals surface area contributed by atoms with Crippen molar-refractivity contribution in [3.8, 4) is 5.75 Å². The van der Waals surface area contributed by atoms with Crippen LogP contribution in [0.25, 0.3) is 0 Å². The maximum Gasteiger partial charge on any atom is 0.191 e. The standard InChI is InChI=1S/C19H28N4OS.HI/c1-5-16-13-22-18(25-16)9-10-21-19(20-4)23-12-15-8-7-14(3)11-17(15)24-6-2;/h7-8,11,13H,5-6,9-10,12H2,1-4H3,(H2,20,21,23);1H. The van der Waals surface area contributed by atoms with E-state index in [0.29, 0.717) is 13.2 Å². The van der Waals surface area contributed by atoms with Crippen LogP contribution in [0.3, 0.4) is 0 Å². The number of aryl methyl sites for hydroxylation is 2. The first-order valence-corrected chi connectivity index (χ1v) is 9.58. The molecule has 0 amide bonds. The Hall–Kier alpha value is -1.35. The molecule has 1 aromatic heterocycles. The number of hydrogen-bond donors (Lipinski definition) is 2. The number of hydrogen-bond acceptors (Lipinski definition) is 4. The molecule has 0 radical (unpaired) electrons. The zero-order valence-corrected chi connectivity index (χ0v) is 19.1. The van der Waals surface area contributed by atoms with Gasteiger partial charge in [-0.2, -0.15) is 0 Å². The van der Waals surface area contributed by atoms with Crippen LogP contribution in [0.4, 0.5) is 0 Å². The van der Waals surface area contributed by atoms with E-state index in [0.717, 1.165) is 41.7 Å². The molecule has 1 aromatic carbocycles. The van der Waals surface area contributed by atoms with Gasteiger partial charge in [0.2, 0.25) is 0 Å². The second-order valence-electron chi connectivity index (χ2n) is 5.72. The number of rotatable bonds is 8. The van der Waals surface area contributed by atoms with Crippen LogP contribution in [0.2, 0.25) is 0 Å². The minimum Gasteiger partial charge on any atom is -0.494 e. The fraction of sp³-hybridized carbons (Fsp3) is 0.474. The number of guanidine groups is 1. The molecule has 1 heterocycles. The number of ether oxygens (including phenoxy) is 1. The smallest absolute Gasteiger partial charge is 0.191 e. The van der Waals surface area contributed by atoms with Gasteiger partial charge in [0.1, 0.15) is 5.75 Å². The molecule has 0 fully saturated rings. The summed E-state index contributed by atoms with van der Waals surface area (Å²) in [7, 11) is 1.78. The van der Waals surface area contributed by atoms with Crippen molar-refractivity contribution >= 4 is 41.3 Å². The molecule has 0 aliphatic rings. The van der Waals surface area contributed by atoms with Crippen molar-refractivity contribution in [1.82, 2.24) is 15.6 Å². The predicted molar refractivity (Wildman–Crippen MR) is 121 cm³/mol. The summed E-state index contributed by atoms with van der Waals surface area (Å²) in [6.45, 7) is 8.38. The van der Waals surface area contributed by atoms with Gasteiger partial charge >= 0.3 is 0 Å². The summed E-state index contributed by atoms with van der Waals surface area (Å²) in [6.07, 6.45) is 3.92. The molecule has 2 rings (SSSR count). The number of nitrogens with zero attached hydrogens (tertiary/aromatic N) is 2. The Morgan fingerprint density at radius 1 is 1.27 bits per heavy atom. The molecule has 0 aliphatic heterocycles. The Balaban J connectivity index is 0.00000338. The average molecular weight is 488 g/mol. The molecule has 5 nitrogen and oxygen atoms in total. The molecule has 7 heteroatoms. The lowest BCUT2D eigenvalue weighted by Gasteiger charge is -2.14. The highest BCUT2D eigenvalue weighted by atomic mass is 127. The Bertz CT molecular complexity index is 703. The van der Waals surface area contributed by atoms with E-state index in [1.165, 1.54) is 10.4 Å². The monoisotopic (exact) mass is 488 g/mol. The first-order chi connectivity index (χ1) is 12.2. The summed E-state index contributed by atoms with van der Waals surface area (Å²) in [5.74, 6) is 1.72. The van der Waals surface area contributed by atoms with E-state index in [1.54, 1.807) is 18.4 Å². The minimum absolute atomic E-state index is 0. The second-order valence-corrected chi connectivity index (χ2v) is 6.92. The van der Waals surface area contributed by atoms with Gasteiger partial charge < -0.3 is 15.4 Å². The third-order valence-electron chi connectivity index (χ3n) is 3.77. The molecule has 0 bridgehead atoms. The Kier molecular flexibility index (Phi) is 10.6. The fourth-order valence-corrected chi connectivity index (χ4v) is 3.27. The molecule has 0 spiro atoms. The van der Waals surface area contributed by atoms with Crippen molar-refractivity contribution in [1.29, 1.82) is 0 Å². The van der Waals surface area contributed by atoms with Crippen LogP contribution < -0.4 is 15.4 Å². The van der Waals surface area contributed by atoms with E-state index < -0.39 is 0 Å². The van der Waals surface area contributed by atoms with Crippen LogP contribution in [0, 0.1) is 6.92 Å². The predicted octanol–water partition coefficient (Wildman–Crippen LogP) is 3.94. The highest BCUT2D eigenvalue weighted by Gasteiger charge is 2.06. The van der Waals surface area contributed by atoms with Gasteiger partial charge in [0, 0.05) is 43.2 Å². The van der Waals surface area contributed by atoms with Crippen molar-refractivity contribution in [3.63, 3.8) is 0 Å². The molecule has 0 unspecified atom stereocenters. The van der Waals surface area contributed by atoms with Crippen LogP contribution in [0.15, 0.2) is 29.4 Å². The SMILES string of the molecule is CCOc1cc(C)ccc1CNC(=NC)NCCc1ncc(CC)s1.I. The van der Waals surface area contributed by atoms with Gasteiger partial charge in [-0.1, -0.05) is 19.1 Å². The van der Waals surface area contributed by atoms with Gasteiger partial charge in [-0.15, -0.1) is 35.3 Å². The Labute approximate surface area is 177 Å². The van der Waals surface area contributed by atoms with Crippen LogP contribution in [-0.4, -0.2) is 31.1 Å². The summed E-state index contributed by atoms with van der Waals surface area (Å²) in [5, 5.41) is 7.86. The molecule has 0 saturated heterocycles. The van der Waals surface area contributed by atoms with Gasteiger partial charge in [-0.25, -0.2) is 4.98 Å². The quantitative estimate of drug-likeness (QED) is 0.336. The van der Waals surface area contributed by atoms with E-state index in [4.69, 9.17) is 4.74 Å². The topological polar surface area (TPSA) is 58.5 Å². The first-order valence-electron chi connectivity index (χ1n) is 8.76. The third-order valence-corrected chi connectivity index (χ3v) is 4.98. The van der Waals surface area contributed by atoms with Crippen molar-refractivity contribution in [3.05, 3.63) is 45.4 Å². The summed E-state index contributed by atoms with van der Waals surface area (Å²) < 4.78 is 5.73. The third kappa shape index (κ3) is 7.11. The van der Waals surface area contributed by atoms with Crippen molar-refractivity contribution in [2.45, 2.75) is 40.2 Å². The summed E-state index contributed by atoms with van der Waals surface area (Å²) in [5.41, 5.74) is 2.33. The highest BCUT2D eigenvalue weighted by molar-refractivity contribution is 14.0. The molecule has 0 aliphatic carbocycles. The summed E-state index contributed by atoms with van der Waals surface area (Å²) in [6, 6.07) is 6.27. The zero-order chi connectivity index (χ0) is 18.1. The Morgan fingerprint density at radius 2 is 2.08 bits per heavy atom. The molecule has 2 aromatic rings. The molecule has 0 saturated carbocycles. The first kappa shape index (κ1) is 22.7. The lowest BCUT2D eigenvalue weighted by Crippen LogP contribution is -2.37. The molecule has 0 atom stereocenters. The minimum atomic E-state index is 0. The summed E-state index contributed by atoms with van der Waals surface area (Å²) >= 11 is 1.78. The lowest BCUT2D eigenvalue weighted by atomic mass is 10.1. The van der Waals surface area contributed by atoms with E-state index in [-0.39, 0.29) is 24.0 Å². The number of nitrogens with one attached hydrogen (secondary N) is 2. The van der Waals surface area contributed by atoms with Crippen LogP contribution in [-0.2, 0) is 19.4 Å². The molecular weight excluding hydrogens is 459 g/mol. The summed E-state index contributed by atoms with van der Waals surface area (Å²) in [4.78, 5) is 10.1. The van der Waals surface area contributed by atoms with E-state index in [9.17, 15) is 0 Å². The van der Waals surface area contributed by atoms with E-state index in [1.807, 2.05) is 13.1 Å². The number of aromatic nitrogens is 1. The molecular formula is C19H29IN4OS. The average Bonchev–Trinajstić information content (AvgIpc) is 3.07. The van der Waals surface area contributed by atoms with E-state index >= 15 is 0 Å². The lowest BCUT2D eigenvalue weighted by molar-refractivity contribution is 0.336. The molecule has 2 N–H and O–H groups in total. The second kappa shape index (κ2) is 12.1. The zero-order valence-electron chi connectivity index (χ0n) is 16.0. The van der Waals surface area contributed by atoms with Gasteiger partial charge in [-0.3, -0.25) is 4.99 Å². The fourth-order valence-electron chi connectivity index (χ4n) is 2.41. The van der Waals surface area contributed by atoms with Crippen LogP contribution >= 0.6 is 35.3 Å². The number of thiazole rings is 1. The largest absolute Gasteiger partial charge is 0.494 e. The molecule has 144 valence electrons. The maximum atomic E-state index is 5.73. The van der Waals surface area contributed by atoms with Crippen LogP contribution in [0.5, 0.6) is 5.75 Å². The van der Waals surface area contributed by atoms with E-state index in [2.05, 4.69) is 52.7 Å². The van der Waals surface area contributed by atoms with Gasteiger partial charge in [0.15, 0.2) is 5.96 Å².